The van der Waals surface area contributed by atoms with Gasteiger partial charge in [-0.3, -0.25) is 9.59 Å². The van der Waals surface area contributed by atoms with Gasteiger partial charge in [-0.05, 0) is 37.1 Å². The number of carboxylic acid groups (broad SMARTS) is 1. The van der Waals surface area contributed by atoms with Crippen LogP contribution in [0.4, 0.5) is 0 Å². The van der Waals surface area contributed by atoms with Crippen molar-refractivity contribution in [2.45, 2.75) is 30.7 Å². The Bertz CT molecular complexity index is 516. The third kappa shape index (κ3) is 4.93. The summed E-state index contributed by atoms with van der Waals surface area (Å²) >= 11 is 7.27. The Kier molecular flexibility index (Phi) is 5.53. The maximum Gasteiger partial charge on any atom is 0.308 e. The number of benzene rings is 1. The third-order valence-corrected chi connectivity index (χ3v) is 4.62. The lowest BCUT2D eigenvalue weighted by molar-refractivity contribution is -0.142. The van der Waals surface area contributed by atoms with Crippen LogP contribution >= 0.6 is 23.4 Å². The zero-order valence-corrected chi connectivity index (χ0v) is 13.4. The second-order valence-corrected chi connectivity index (χ2v) is 6.74. The fraction of sp³-hybridized carbons (Fsp3) is 0.467. The Labute approximate surface area is 133 Å². The first-order valence-corrected chi connectivity index (χ1v) is 8.24. The van der Waals surface area contributed by atoms with Crippen molar-refractivity contribution in [2.24, 2.45) is 5.92 Å². The van der Waals surface area contributed by atoms with Gasteiger partial charge in [0.15, 0.2) is 0 Å². The van der Waals surface area contributed by atoms with Crippen LogP contribution in [0.25, 0.3) is 0 Å². The molecule has 1 aliphatic rings. The molecule has 1 N–H and O–H groups in total. The number of hydrogen-bond donors (Lipinski definition) is 1. The molecule has 1 fully saturated rings. The molecule has 1 amide bonds. The van der Waals surface area contributed by atoms with Gasteiger partial charge in [-0.1, -0.05) is 18.5 Å². The molecule has 21 heavy (non-hydrogen) atoms. The Morgan fingerprint density at radius 3 is 2.52 bits per heavy atom. The lowest BCUT2D eigenvalue weighted by atomic mass is 10.1. The van der Waals surface area contributed by atoms with Crippen molar-refractivity contribution in [1.82, 2.24) is 4.90 Å². The van der Waals surface area contributed by atoms with Crippen LogP contribution < -0.4 is 0 Å². The van der Waals surface area contributed by atoms with Crippen LogP contribution in [0.3, 0.4) is 0 Å². The van der Waals surface area contributed by atoms with Gasteiger partial charge in [0.05, 0.1) is 11.7 Å². The van der Waals surface area contributed by atoms with E-state index in [1.54, 1.807) is 24.0 Å². The van der Waals surface area contributed by atoms with Crippen LogP contribution in [0.5, 0.6) is 0 Å². The number of hydrogen-bond acceptors (Lipinski definition) is 3. The fourth-order valence-electron chi connectivity index (χ4n) is 1.97. The number of thioether (sulfide) groups is 1. The van der Waals surface area contributed by atoms with Crippen LogP contribution in [0.1, 0.15) is 19.8 Å². The van der Waals surface area contributed by atoms with E-state index in [0.29, 0.717) is 17.3 Å². The standard InChI is InChI=1S/C15H18ClNO3S/c1-10(15(19)20)8-17(12-4-5-12)14(18)9-21-13-6-2-11(16)3-7-13/h2-3,6-7,10,12H,4-5,8-9H2,1H3,(H,19,20). The van der Waals surface area contributed by atoms with E-state index in [4.69, 9.17) is 16.7 Å². The zero-order chi connectivity index (χ0) is 15.4. The molecule has 0 spiro atoms. The molecule has 6 heteroatoms. The highest BCUT2D eigenvalue weighted by molar-refractivity contribution is 8.00. The predicted molar refractivity (Wildman–Crippen MR) is 83.7 cm³/mol. The number of aliphatic carboxylic acids is 1. The number of amides is 1. The molecule has 0 bridgehead atoms. The average Bonchev–Trinajstić information content (AvgIpc) is 3.28. The minimum Gasteiger partial charge on any atom is -0.481 e. The Morgan fingerprint density at radius 2 is 2.00 bits per heavy atom. The van der Waals surface area contributed by atoms with Crippen LogP contribution in [0.15, 0.2) is 29.2 Å². The monoisotopic (exact) mass is 327 g/mol. The highest BCUT2D eigenvalue weighted by Crippen LogP contribution is 2.29. The molecule has 1 atom stereocenters. The van der Waals surface area contributed by atoms with Crippen molar-refractivity contribution in [3.8, 4) is 0 Å². The summed E-state index contributed by atoms with van der Waals surface area (Å²) in [5.41, 5.74) is 0. The topological polar surface area (TPSA) is 57.6 Å². The van der Waals surface area contributed by atoms with Crippen LogP contribution in [-0.2, 0) is 9.59 Å². The second kappa shape index (κ2) is 7.18. The van der Waals surface area contributed by atoms with E-state index in [9.17, 15) is 9.59 Å². The third-order valence-electron chi connectivity index (χ3n) is 3.38. The first-order valence-electron chi connectivity index (χ1n) is 6.88. The van der Waals surface area contributed by atoms with Gasteiger partial charge in [0, 0.05) is 22.5 Å². The summed E-state index contributed by atoms with van der Waals surface area (Å²) < 4.78 is 0. The van der Waals surface area contributed by atoms with Crippen molar-refractivity contribution < 1.29 is 14.7 Å². The van der Waals surface area contributed by atoms with Gasteiger partial charge in [-0.25, -0.2) is 0 Å². The summed E-state index contributed by atoms with van der Waals surface area (Å²) in [5, 5.41) is 9.66. The lowest BCUT2D eigenvalue weighted by Crippen LogP contribution is -2.39. The number of rotatable bonds is 7. The minimum absolute atomic E-state index is 0.00514. The van der Waals surface area contributed by atoms with Crippen molar-refractivity contribution >= 4 is 35.2 Å². The molecule has 1 aliphatic carbocycles. The summed E-state index contributed by atoms with van der Waals surface area (Å²) in [6, 6.07) is 7.56. The van der Waals surface area contributed by atoms with Gasteiger partial charge in [0.25, 0.3) is 0 Å². The van der Waals surface area contributed by atoms with Crippen molar-refractivity contribution in [2.75, 3.05) is 12.3 Å². The van der Waals surface area contributed by atoms with Crippen LogP contribution in [-0.4, -0.2) is 40.2 Å². The van der Waals surface area contributed by atoms with Gasteiger partial charge >= 0.3 is 5.97 Å². The van der Waals surface area contributed by atoms with E-state index < -0.39 is 11.9 Å². The molecule has 0 aliphatic heterocycles. The maximum atomic E-state index is 12.3. The average molecular weight is 328 g/mol. The van der Waals surface area contributed by atoms with E-state index in [2.05, 4.69) is 0 Å². The fourth-order valence-corrected chi connectivity index (χ4v) is 2.88. The quantitative estimate of drug-likeness (QED) is 0.782. The summed E-state index contributed by atoms with van der Waals surface area (Å²) in [7, 11) is 0. The highest BCUT2D eigenvalue weighted by Gasteiger charge is 2.34. The van der Waals surface area contributed by atoms with E-state index in [-0.39, 0.29) is 11.9 Å². The molecule has 4 nitrogen and oxygen atoms in total. The first kappa shape index (κ1) is 16.2. The van der Waals surface area contributed by atoms with E-state index in [1.165, 1.54) is 11.8 Å². The van der Waals surface area contributed by atoms with Gasteiger partial charge < -0.3 is 10.0 Å². The molecule has 0 aromatic heterocycles. The van der Waals surface area contributed by atoms with E-state index >= 15 is 0 Å². The normalized spacial score (nSPS) is 15.5. The number of carbonyl (C=O) groups is 2. The maximum absolute atomic E-state index is 12.3. The highest BCUT2D eigenvalue weighted by atomic mass is 35.5. The molecule has 1 aromatic carbocycles. The van der Waals surface area contributed by atoms with Crippen molar-refractivity contribution in [1.29, 1.82) is 0 Å². The second-order valence-electron chi connectivity index (χ2n) is 5.26. The van der Waals surface area contributed by atoms with Gasteiger partial charge in [-0.2, -0.15) is 0 Å². The number of nitrogens with zero attached hydrogens (tertiary/aromatic N) is 1. The van der Waals surface area contributed by atoms with E-state index in [1.807, 2.05) is 12.1 Å². The predicted octanol–water partition coefficient (Wildman–Crippen LogP) is 3.14. The Morgan fingerprint density at radius 1 is 1.38 bits per heavy atom. The molecule has 0 radical (unpaired) electrons. The molecule has 0 saturated heterocycles. The van der Waals surface area contributed by atoms with Crippen molar-refractivity contribution in [3.63, 3.8) is 0 Å². The molecule has 2 rings (SSSR count). The largest absolute Gasteiger partial charge is 0.481 e. The molecule has 1 unspecified atom stereocenters. The van der Waals surface area contributed by atoms with Crippen LogP contribution in [0.2, 0.25) is 5.02 Å². The smallest absolute Gasteiger partial charge is 0.308 e. The van der Waals surface area contributed by atoms with Gasteiger partial charge in [-0.15, -0.1) is 11.8 Å². The molecule has 114 valence electrons. The van der Waals surface area contributed by atoms with Gasteiger partial charge in [0.1, 0.15) is 0 Å². The summed E-state index contributed by atoms with van der Waals surface area (Å²) in [6.45, 7) is 1.93. The molecule has 1 saturated carbocycles. The number of carboxylic acids is 1. The molecule has 1 aromatic rings. The lowest BCUT2D eigenvalue weighted by Gasteiger charge is -2.24. The molecular formula is C15H18ClNO3S. The SMILES string of the molecule is CC(CN(C(=O)CSc1ccc(Cl)cc1)C1CC1)C(=O)O. The summed E-state index contributed by atoms with van der Waals surface area (Å²) in [5.74, 6) is -1.07. The molecule has 0 heterocycles. The Balaban J connectivity index is 1.89. The van der Waals surface area contributed by atoms with Crippen LogP contribution in [0, 0.1) is 5.92 Å². The van der Waals surface area contributed by atoms with Crippen molar-refractivity contribution in [3.05, 3.63) is 29.3 Å². The summed E-state index contributed by atoms with van der Waals surface area (Å²) in [4.78, 5) is 26.0. The van der Waals surface area contributed by atoms with Gasteiger partial charge in [0.2, 0.25) is 5.91 Å². The molecular weight excluding hydrogens is 310 g/mol. The minimum atomic E-state index is -0.862. The first-order chi connectivity index (χ1) is 9.97. The van der Waals surface area contributed by atoms with E-state index in [0.717, 1.165) is 17.7 Å². The Hall–Kier alpha value is -1.20. The number of carbonyl (C=O) groups excluding carboxylic acids is 1. The number of halogens is 1. The zero-order valence-electron chi connectivity index (χ0n) is 11.8. The summed E-state index contributed by atoms with van der Waals surface area (Å²) in [6.07, 6.45) is 1.95.